The van der Waals surface area contributed by atoms with Gasteiger partial charge >= 0.3 is 5.97 Å². The van der Waals surface area contributed by atoms with Crippen LogP contribution in [0.15, 0.2) is 18.3 Å². The van der Waals surface area contributed by atoms with E-state index in [1.54, 1.807) is 32.4 Å². The highest BCUT2D eigenvalue weighted by Crippen LogP contribution is 2.11. The van der Waals surface area contributed by atoms with E-state index in [9.17, 15) is 4.79 Å². The molecule has 1 atom stereocenters. The summed E-state index contributed by atoms with van der Waals surface area (Å²) in [6.45, 7) is 2.17. The monoisotopic (exact) mass is 238 g/mol. The van der Waals surface area contributed by atoms with Crippen LogP contribution in [0.25, 0.3) is 0 Å². The van der Waals surface area contributed by atoms with Crippen LogP contribution < -0.4 is 4.90 Å². The summed E-state index contributed by atoms with van der Waals surface area (Å²) in [6, 6.07) is 3.33. The van der Waals surface area contributed by atoms with Crippen molar-refractivity contribution >= 4 is 11.8 Å². The van der Waals surface area contributed by atoms with E-state index in [0.717, 1.165) is 5.82 Å². The molecule has 1 aromatic heterocycles. The lowest BCUT2D eigenvalue weighted by Gasteiger charge is -2.14. The van der Waals surface area contributed by atoms with Gasteiger partial charge in [-0.15, -0.1) is 0 Å². The third kappa shape index (κ3) is 4.03. The Bertz CT molecular complexity index is 380. The molecule has 0 radical (unpaired) electrons. The lowest BCUT2D eigenvalue weighted by Crippen LogP contribution is -2.20. The summed E-state index contributed by atoms with van der Waals surface area (Å²) in [5.41, 5.74) is 0.492. The van der Waals surface area contributed by atoms with Crippen LogP contribution in [-0.4, -0.2) is 44.9 Å². The summed E-state index contributed by atoms with van der Waals surface area (Å²) in [4.78, 5) is 17.7. The summed E-state index contributed by atoms with van der Waals surface area (Å²) >= 11 is 0. The number of carbonyl (C=O) groups excluding carboxylic acids is 1. The zero-order chi connectivity index (χ0) is 12.8. The van der Waals surface area contributed by atoms with Gasteiger partial charge in [0.05, 0.1) is 12.2 Å². The Morgan fingerprint density at radius 2 is 2.24 bits per heavy atom. The highest BCUT2D eigenvalue weighted by molar-refractivity contribution is 5.90. The number of rotatable bonds is 5. The Morgan fingerprint density at radius 1 is 1.53 bits per heavy atom. The van der Waals surface area contributed by atoms with Crippen LogP contribution in [0, 0.1) is 0 Å². The van der Waals surface area contributed by atoms with E-state index >= 15 is 0 Å². The maximum Gasteiger partial charge on any atom is 0.338 e. The summed E-state index contributed by atoms with van der Waals surface area (Å²) in [6.07, 6.45) is 1.33. The zero-order valence-electron chi connectivity index (χ0n) is 10.6. The Balaban J connectivity index is 2.72. The number of hydrogen-bond donors (Lipinski definition) is 0. The fourth-order valence-corrected chi connectivity index (χ4v) is 1.31. The molecule has 0 saturated carbocycles. The van der Waals surface area contributed by atoms with Crippen molar-refractivity contribution in [3.63, 3.8) is 0 Å². The van der Waals surface area contributed by atoms with Crippen molar-refractivity contribution in [2.75, 3.05) is 32.7 Å². The van der Waals surface area contributed by atoms with E-state index in [1.165, 1.54) is 0 Å². The molecule has 0 saturated heterocycles. The Morgan fingerprint density at radius 3 is 2.82 bits per heavy atom. The standard InChI is InChI=1S/C12H18N2O3/c1-9(8-16-4)17-12(15)10-5-6-13-11(7-10)14(2)3/h5-7,9H,8H2,1-4H3/t9-/m1/s1. The van der Waals surface area contributed by atoms with Crippen molar-refractivity contribution < 1.29 is 14.3 Å². The topological polar surface area (TPSA) is 51.7 Å². The molecule has 94 valence electrons. The van der Waals surface area contributed by atoms with Crippen molar-refractivity contribution in [2.45, 2.75) is 13.0 Å². The minimum atomic E-state index is -0.361. The molecule has 0 bridgehead atoms. The molecule has 17 heavy (non-hydrogen) atoms. The third-order valence-electron chi connectivity index (χ3n) is 2.15. The number of esters is 1. The molecule has 1 aromatic rings. The van der Waals surface area contributed by atoms with Gasteiger partial charge in [-0.1, -0.05) is 0 Å². The number of carbonyl (C=O) groups is 1. The van der Waals surface area contributed by atoms with Gasteiger partial charge in [0.1, 0.15) is 11.9 Å². The van der Waals surface area contributed by atoms with Crippen LogP contribution in [0.1, 0.15) is 17.3 Å². The minimum absolute atomic E-state index is 0.261. The fraction of sp³-hybridized carbons (Fsp3) is 0.500. The molecule has 5 heteroatoms. The zero-order valence-corrected chi connectivity index (χ0v) is 10.6. The van der Waals surface area contributed by atoms with Gasteiger partial charge in [-0.2, -0.15) is 0 Å². The first-order valence-corrected chi connectivity index (χ1v) is 5.38. The molecular weight excluding hydrogens is 220 g/mol. The molecule has 0 fully saturated rings. The van der Waals surface area contributed by atoms with Crippen LogP contribution in [0.3, 0.4) is 0 Å². The maximum atomic E-state index is 11.8. The first-order chi connectivity index (χ1) is 8.04. The van der Waals surface area contributed by atoms with Crippen LogP contribution in [0.5, 0.6) is 0 Å². The van der Waals surface area contributed by atoms with E-state index in [4.69, 9.17) is 9.47 Å². The van der Waals surface area contributed by atoms with Crippen LogP contribution in [0.4, 0.5) is 5.82 Å². The highest BCUT2D eigenvalue weighted by Gasteiger charge is 2.12. The normalized spacial score (nSPS) is 12.0. The van der Waals surface area contributed by atoms with E-state index in [2.05, 4.69) is 4.98 Å². The maximum absolute atomic E-state index is 11.8. The van der Waals surface area contributed by atoms with Gasteiger partial charge in [0.2, 0.25) is 0 Å². The first-order valence-electron chi connectivity index (χ1n) is 5.38. The Kier molecular flexibility index (Phi) is 4.90. The summed E-state index contributed by atoms with van der Waals surface area (Å²) < 4.78 is 10.1. The number of hydrogen-bond acceptors (Lipinski definition) is 5. The molecule has 1 heterocycles. The van der Waals surface area contributed by atoms with Crippen molar-refractivity contribution in [1.82, 2.24) is 4.98 Å². The SMILES string of the molecule is COC[C@@H](C)OC(=O)c1ccnc(N(C)C)c1. The van der Waals surface area contributed by atoms with Crippen LogP contribution >= 0.6 is 0 Å². The molecular formula is C12H18N2O3. The van der Waals surface area contributed by atoms with Gasteiger partial charge in [-0.05, 0) is 19.1 Å². The predicted molar refractivity (Wildman–Crippen MR) is 65.3 cm³/mol. The highest BCUT2D eigenvalue weighted by atomic mass is 16.6. The molecule has 0 aliphatic rings. The van der Waals surface area contributed by atoms with Crippen molar-refractivity contribution in [3.05, 3.63) is 23.9 Å². The number of pyridine rings is 1. The van der Waals surface area contributed by atoms with Crippen molar-refractivity contribution in [3.8, 4) is 0 Å². The van der Waals surface area contributed by atoms with Gasteiger partial charge in [-0.3, -0.25) is 0 Å². The van der Waals surface area contributed by atoms with Gasteiger partial charge in [0.25, 0.3) is 0 Å². The van der Waals surface area contributed by atoms with Gasteiger partial charge in [0.15, 0.2) is 0 Å². The third-order valence-corrected chi connectivity index (χ3v) is 2.15. The van der Waals surface area contributed by atoms with Crippen LogP contribution in [0.2, 0.25) is 0 Å². The molecule has 1 rings (SSSR count). The number of nitrogens with zero attached hydrogens (tertiary/aromatic N) is 2. The minimum Gasteiger partial charge on any atom is -0.457 e. The number of anilines is 1. The number of aromatic nitrogens is 1. The predicted octanol–water partition coefficient (Wildman–Crippen LogP) is 1.34. The van der Waals surface area contributed by atoms with E-state index in [1.807, 2.05) is 19.0 Å². The molecule has 0 N–H and O–H groups in total. The average molecular weight is 238 g/mol. The summed E-state index contributed by atoms with van der Waals surface area (Å²) in [5.74, 6) is 0.360. The molecule has 0 aliphatic carbocycles. The Labute approximate surface area is 101 Å². The van der Waals surface area contributed by atoms with E-state index in [-0.39, 0.29) is 12.1 Å². The van der Waals surface area contributed by atoms with Gasteiger partial charge in [-0.25, -0.2) is 9.78 Å². The lowest BCUT2D eigenvalue weighted by molar-refractivity contribution is 0.0120. The second-order valence-corrected chi connectivity index (χ2v) is 3.97. The summed E-state index contributed by atoms with van der Waals surface area (Å²) in [7, 11) is 5.30. The molecule has 0 aromatic carbocycles. The molecule has 0 aliphatic heterocycles. The van der Waals surface area contributed by atoms with Crippen molar-refractivity contribution in [2.24, 2.45) is 0 Å². The Hall–Kier alpha value is -1.62. The fourth-order valence-electron chi connectivity index (χ4n) is 1.31. The molecule has 0 amide bonds. The van der Waals surface area contributed by atoms with E-state index in [0.29, 0.717) is 12.2 Å². The average Bonchev–Trinajstić information content (AvgIpc) is 2.29. The first kappa shape index (κ1) is 13.4. The number of methoxy groups -OCH3 is 1. The van der Waals surface area contributed by atoms with Gasteiger partial charge in [0, 0.05) is 27.4 Å². The molecule has 0 spiro atoms. The van der Waals surface area contributed by atoms with E-state index < -0.39 is 0 Å². The smallest absolute Gasteiger partial charge is 0.338 e. The second-order valence-electron chi connectivity index (χ2n) is 3.97. The molecule has 0 unspecified atom stereocenters. The lowest BCUT2D eigenvalue weighted by atomic mass is 10.2. The largest absolute Gasteiger partial charge is 0.457 e. The molecule has 5 nitrogen and oxygen atoms in total. The van der Waals surface area contributed by atoms with Crippen molar-refractivity contribution in [1.29, 1.82) is 0 Å². The van der Waals surface area contributed by atoms with Gasteiger partial charge < -0.3 is 14.4 Å². The van der Waals surface area contributed by atoms with Crippen LogP contribution in [-0.2, 0) is 9.47 Å². The second kappa shape index (κ2) is 6.20. The number of ether oxygens (including phenoxy) is 2. The summed E-state index contributed by atoms with van der Waals surface area (Å²) in [5, 5.41) is 0. The quantitative estimate of drug-likeness (QED) is 0.724.